The summed E-state index contributed by atoms with van der Waals surface area (Å²) >= 11 is 0. The highest BCUT2D eigenvalue weighted by Gasteiger charge is 2.12. The Labute approximate surface area is 99.7 Å². The molecule has 1 aliphatic heterocycles. The number of halogens is 1. The average Bonchev–Trinajstić information content (AvgIpc) is 2.39. The van der Waals surface area contributed by atoms with Gasteiger partial charge in [0.25, 0.3) is 5.91 Å². The van der Waals surface area contributed by atoms with E-state index in [1.54, 1.807) is 6.07 Å². The maximum Gasteiger partial charge on any atom is 0.253 e. The van der Waals surface area contributed by atoms with Gasteiger partial charge >= 0.3 is 0 Å². The zero-order valence-corrected chi connectivity index (χ0v) is 9.72. The van der Waals surface area contributed by atoms with Crippen molar-refractivity contribution in [2.24, 2.45) is 0 Å². The molecule has 0 unspecified atom stereocenters. The largest absolute Gasteiger partial charge is 0.355 e. The molecule has 0 atom stereocenters. The summed E-state index contributed by atoms with van der Waals surface area (Å²) < 4.78 is 13.7. The van der Waals surface area contributed by atoms with Crippen LogP contribution in [0.4, 0.5) is 4.39 Å². The zero-order valence-electron chi connectivity index (χ0n) is 9.72. The minimum absolute atomic E-state index is 0.0887. The number of hydrogen-bond donors (Lipinski definition) is 2. The smallest absolute Gasteiger partial charge is 0.253 e. The van der Waals surface area contributed by atoms with Gasteiger partial charge in [-0.05, 0) is 36.2 Å². The summed E-state index contributed by atoms with van der Waals surface area (Å²) in [6.45, 7) is 1.72. The van der Waals surface area contributed by atoms with Crippen LogP contribution < -0.4 is 10.6 Å². The number of amides is 1. The van der Waals surface area contributed by atoms with E-state index in [1.165, 1.54) is 19.2 Å². The lowest BCUT2D eigenvalue weighted by molar-refractivity contribution is 0.0959. The van der Waals surface area contributed by atoms with Gasteiger partial charge in [0.05, 0.1) is 5.56 Å². The van der Waals surface area contributed by atoms with Crippen molar-refractivity contribution in [3.05, 3.63) is 41.2 Å². The Hall–Kier alpha value is -1.68. The van der Waals surface area contributed by atoms with Crippen LogP contribution in [0, 0.1) is 5.82 Å². The van der Waals surface area contributed by atoms with E-state index in [-0.39, 0.29) is 5.56 Å². The lowest BCUT2D eigenvalue weighted by Gasteiger charge is -2.14. The van der Waals surface area contributed by atoms with Gasteiger partial charge in [0.1, 0.15) is 5.82 Å². The minimum atomic E-state index is -0.471. The molecule has 0 fully saturated rings. The highest BCUT2D eigenvalue weighted by atomic mass is 19.1. The molecule has 3 nitrogen and oxygen atoms in total. The predicted molar refractivity (Wildman–Crippen MR) is 65.3 cm³/mol. The van der Waals surface area contributed by atoms with Gasteiger partial charge in [-0.25, -0.2) is 4.39 Å². The van der Waals surface area contributed by atoms with Gasteiger partial charge in [0, 0.05) is 13.6 Å². The van der Waals surface area contributed by atoms with Gasteiger partial charge in [-0.2, -0.15) is 0 Å². The van der Waals surface area contributed by atoms with Crippen molar-refractivity contribution >= 4 is 11.5 Å². The number of hydrogen-bond acceptors (Lipinski definition) is 2. The van der Waals surface area contributed by atoms with Crippen LogP contribution in [0.3, 0.4) is 0 Å². The van der Waals surface area contributed by atoms with E-state index in [0.29, 0.717) is 0 Å². The van der Waals surface area contributed by atoms with Crippen LogP contribution in [-0.2, 0) is 0 Å². The second-order valence-corrected chi connectivity index (χ2v) is 3.96. The van der Waals surface area contributed by atoms with Crippen molar-refractivity contribution in [1.82, 2.24) is 10.6 Å². The van der Waals surface area contributed by atoms with Gasteiger partial charge in [-0.3, -0.25) is 4.79 Å². The second-order valence-electron chi connectivity index (χ2n) is 3.96. The van der Waals surface area contributed by atoms with Crippen LogP contribution in [0.2, 0.25) is 0 Å². The maximum atomic E-state index is 13.7. The van der Waals surface area contributed by atoms with Crippen molar-refractivity contribution < 1.29 is 9.18 Å². The monoisotopic (exact) mass is 234 g/mol. The number of benzene rings is 1. The number of carbonyl (C=O) groups is 1. The molecule has 0 aliphatic carbocycles. The van der Waals surface area contributed by atoms with Crippen molar-refractivity contribution in [3.63, 3.8) is 0 Å². The standard InChI is InChI=1S/C13H15FN2O/c1-15-13(17)11-3-2-10(8-12(11)14)9-4-6-16-7-5-9/h2-4,8,16H,5-7H2,1H3,(H,15,17). The summed E-state index contributed by atoms with van der Waals surface area (Å²) in [6.07, 6.45) is 2.94. The number of rotatable bonds is 2. The summed E-state index contributed by atoms with van der Waals surface area (Å²) in [7, 11) is 1.49. The van der Waals surface area contributed by atoms with Gasteiger partial charge in [-0.15, -0.1) is 0 Å². The molecule has 0 bridgehead atoms. The van der Waals surface area contributed by atoms with Gasteiger partial charge in [-0.1, -0.05) is 12.1 Å². The molecule has 2 N–H and O–H groups in total. The topological polar surface area (TPSA) is 41.1 Å². The van der Waals surface area contributed by atoms with Crippen LogP contribution in [0.5, 0.6) is 0 Å². The fourth-order valence-electron chi connectivity index (χ4n) is 1.92. The Kier molecular flexibility index (Phi) is 3.54. The molecular weight excluding hydrogens is 219 g/mol. The summed E-state index contributed by atoms with van der Waals surface area (Å²) in [5.41, 5.74) is 2.08. The molecule has 1 aliphatic rings. The first kappa shape index (κ1) is 11.8. The molecule has 0 aromatic heterocycles. The first-order chi connectivity index (χ1) is 8.22. The molecule has 2 rings (SSSR count). The van der Waals surface area contributed by atoms with E-state index in [2.05, 4.69) is 16.7 Å². The lowest BCUT2D eigenvalue weighted by Crippen LogP contribution is -2.21. The van der Waals surface area contributed by atoms with Crippen molar-refractivity contribution in [2.75, 3.05) is 20.1 Å². The van der Waals surface area contributed by atoms with Crippen LogP contribution in [0.1, 0.15) is 22.3 Å². The van der Waals surface area contributed by atoms with E-state index in [4.69, 9.17) is 0 Å². The molecule has 1 aromatic carbocycles. The molecule has 4 heteroatoms. The van der Waals surface area contributed by atoms with E-state index < -0.39 is 11.7 Å². The van der Waals surface area contributed by atoms with Gasteiger partial charge in [0.15, 0.2) is 0 Å². The molecule has 0 radical (unpaired) electrons. The van der Waals surface area contributed by atoms with Crippen LogP contribution in [0.25, 0.3) is 5.57 Å². The first-order valence-corrected chi connectivity index (χ1v) is 5.64. The van der Waals surface area contributed by atoms with Crippen LogP contribution >= 0.6 is 0 Å². The summed E-state index contributed by atoms with van der Waals surface area (Å²) in [5, 5.41) is 5.62. The predicted octanol–water partition coefficient (Wildman–Crippen LogP) is 1.56. The van der Waals surface area contributed by atoms with E-state index in [1.807, 2.05) is 0 Å². The van der Waals surface area contributed by atoms with E-state index in [9.17, 15) is 9.18 Å². The third-order valence-electron chi connectivity index (χ3n) is 2.88. The summed E-state index contributed by atoms with van der Waals surface area (Å²) in [6, 6.07) is 4.76. The molecule has 90 valence electrons. The van der Waals surface area contributed by atoms with Crippen molar-refractivity contribution in [2.45, 2.75) is 6.42 Å². The average molecular weight is 234 g/mol. The summed E-state index contributed by atoms with van der Waals surface area (Å²) in [4.78, 5) is 11.3. The third kappa shape index (κ3) is 2.53. The fraction of sp³-hybridized carbons (Fsp3) is 0.308. The molecule has 0 spiro atoms. The molecule has 17 heavy (non-hydrogen) atoms. The normalized spacial score (nSPS) is 15.3. The Morgan fingerprint density at radius 2 is 2.29 bits per heavy atom. The first-order valence-electron chi connectivity index (χ1n) is 5.64. The molecule has 1 aromatic rings. The fourth-order valence-corrected chi connectivity index (χ4v) is 1.92. The maximum absolute atomic E-state index is 13.7. The third-order valence-corrected chi connectivity index (χ3v) is 2.88. The van der Waals surface area contributed by atoms with Crippen molar-refractivity contribution in [1.29, 1.82) is 0 Å². The van der Waals surface area contributed by atoms with Gasteiger partial charge < -0.3 is 10.6 Å². The lowest BCUT2D eigenvalue weighted by atomic mass is 9.98. The molecule has 1 heterocycles. The van der Waals surface area contributed by atoms with E-state index in [0.717, 1.165) is 30.6 Å². The molecule has 0 saturated carbocycles. The minimum Gasteiger partial charge on any atom is -0.355 e. The van der Waals surface area contributed by atoms with Crippen LogP contribution in [-0.4, -0.2) is 26.0 Å². The summed E-state index contributed by atoms with van der Waals surface area (Å²) in [5.74, 6) is -0.866. The Morgan fingerprint density at radius 1 is 1.47 bits per heavy atom. The quantitative estimate of drug-likeness (QED) is 0.815. The van der Waals surface area contributed by atoms with Gasteiger partial charge in [0.2, 0.25) is 0 Å². The van der Waals surface area contributed by atoms with Crippen LogP contribution in [0.15, 0.2) is 24.3 Å². The highest BCUT2D eigenvalue weighted by Crippen LogP contribution is 2.21. The number of nitrogens with one attached hydrogen (secondary N) is 2. The Morgan fingerprint density at radius 3 is 2.88 bits per heavy atom. The second kappa shape index (κ2) is 5.10. The van der Waals surface area contributed by atoms with E-state index >= 15 is 0 Å². The zero-order chi connectivity index (χ0) is 12.3. The Balaban J connectivity index is 2.30. The SMILES string of the molecule is CNC(=O)c1ccc(C2=CCNCC2)cc1F. The molecule has 0 saturated heterocycles. The number of carbonyl (C=O) groups excluding carboxylic acids is 1. The molecule has 1 amide bonds. The highest BCUT2D eigenvalue weighted by molar-refractivity contribution is 5.94. The Bertz CT molecular complexity index is 468. The molecular formula is C13H15FN2O. The van der Waals surface area contributed by atoms with Crippen molar-refractivity contribution in [3.8, 4) is 0 Å².